The summed E-state index contributed by atoms with van der Waals surface area (Å²) in [5, 5.41) is 12.2. The molecule has 0 saturated heterocycles. The van der Waals surface area contributed by atoms with Crippen molar-refractivity contribution in [1.29, 1.82) is 0 Å². The minimum Gasteiger partial charge on any atom is -0.454 e. The molecule has 1 aliphatic carbocycles. The molecule has 1 aliphatic heterocycles. The average molecular weight is 289 g/mol. The standard InChI is InChI=1S/C16H19NO4/c18-10-16(6-1-7-16)9-17-15(19)5-3-12-2-4-13-14(8-12)21-11-20-13/h2-5,8,18H,1,6-7,9-11H2,(H,17,19)/b5-3+. The van der Waals surface area contributed by atoms with E-state index in [0.29, 0.717) is 12.3 Å². The molecule has 1 aromatic carbocycles. The molecule has 1 amide bonds. The fraction of sp³-hybridized carbons (Fsp3) is 0.438. The number of benzene rings is 1. The van der Waals surface area contributed by atoms with Crippen LogP contribution in [0.25, 0.3) is 6.08 Å². The summed E-state index contributed by atoms with van der Waals surface area (Å²) in [6.07, 6.45) is 6.33. The Kier molecular flexibility index (Phi) is 3.84. The third kappa shape index (κ3) is 3.03. The van der Waals surface area contributed by atoms with Gasteiger partial charge in [-0.3, -0.25) is 4.79 Å². The summed E-state index contributed by atoms with van der Waals surface area (Å²) >= 11 is 0. The van der Waals surface area contributed by atoms with Gasteiger partial charge in [-0.1, -0.05) is 12.5 Å². The average Bonchev–Trinajstić information content (AvgIpc) is 2.92. The van der Waals surface area contributed by atoms with Gasteiger partial charge in [-0.05, 0) is 36.6 Å². The maximum Gasteiger partial charge on any atom is 0.244 e. The van der Waals surface area contributed by atoms with Crippen LogP contribution in [0, 0.1) is 5.41 Å². The van der Waals surface area contributed by atoms with Gasteiger partial charge in [-0.2, -0.15) is 0 Å². The normalized spacial score (nSPS) is 18.5. The maximum absolute atomic E-state index is 11.8. The summed E-state index contributed by atoms with van der Waals surface area (Å²) in [4.78, 5) is 11.8. The monoisotopic (exact) mass is 289 g/mol. The lowest BCUT2D eigenvalue weighted by atomic mass is 9.69. The quantitative estimate of drug-likeness (QED) is 0.810. The minimum atomic E-state index is -0.146. The van der Waals surface area contributed by atoms with Crippen LogP contribution < -0.4 is 14.8 Å². The first-order valence-electron chi connectivity index (χ1n) is 7.17. The van der Waals surface area contributed by atoms with E-state index in [9.17, 15) is 9.90 Å². The highest BCUT2D eigenvalue weighted by Crippen LogP contribution is 2.39. The van der Waals surface area contributed by atoms with Gasteiger partial charge < -0.3 is 19.9 Å². The Morgan fingerprint density at radius 3 is 2.86 bits per heavy atom. The summed E-state index contributed by atoms with van der Waals surface area (Å²) in [7, 11) is 0. The van der Waals surface area contributed by atoms with Crippen LogP contribution in [0.3, 0.4) is 0 Å². The molecule has 2 aliphatic rings. The number of amides is 1. The van der Waals surface area contributed by atoms with Crippen molar-refractivity contribution in [2.24, 2.45) is 5.41 Å². The molecule has 3 rings (SSSR count). The van der Waals surface area contributed by atoms with E-state index >= 15 is 0 Å². The molecule has 5 heteroatoms. The molecular weight excluding hydrogens is 270 g/mol. The van der Waals surface area contributed by atoms with Gasteiger partial charge in [0, 0.05) is 18.0 Å². The van der Waals surface area contributed by atoms with Gasteiger partial charge in [0.25, 0.3) is 0 Å². The number of aliphatic hydroxyl groups is 1. The SMILES string of the molecule is O=C(/C=C/c1ccc2c(c1)OCO2)NCC1(CO)CCC1. The third-order valence-corrected chi connectivity index (χ3v) is 4.21. The van der Waals surface area contributed by atoms with Crippen LogP contribution in [0.4, 0.5) is 0 Å². The Morgan fingerprint density at radius 2 is 2.14 bits per heavy atom. The Labute approximate surface area is 123 Å². The van der Waals surface area contributed by atoms with Crippen LogP contribution >= 0.6 is 0 Å². The van der Waals surface area contributed by atoms with Gasteiger partial charge in [-0.15, -0.1) is 0 Å². The first kappa shape index (κ1) is 13.9. The van der Waals surface area contributed by atoms with Crippen molar-refractivity contribution in [3.63, 3.8) is 0 Å². The molecule has 112 valence electrons. The first-order valence-corrected chi connectivity index (χ1v) is 7.17. The number of carbonyl (C=O) groups is 1. The van der Waals surface area contributed by atoms with Crippen LogP contribution in [0.2, 0.25) is 0 Å². The molecule has 1 heterocycles. The highest BCUT2D eigenvalue weighted by atomic mass is 16.7. The van der Waals surface area contributed by atoms with Crippen LogP contribution in [0.1, 0.15) is 24.8 Å². The Hall–Kier alpha value is -2.01. The van der Waals surface area contributed by atoms with Gasteiger partial charge in [0.1, 0.15) is 0 Å². The fourth-order valence-electron chi connectivity index (χ4n) is 2.59. The lowest BCUT2D eigenvalue weighted by Crippen LogP contribution is -2.44. The van der Waals surface area contributed by atoms with Gasteiger partial charge >= 0.3 is 0 Å². The number of hydrogen-bond acceptors (Lipinski definition) is 4. The molecule has 0 spiro atoms. The van der Waals surface area contributed by atoms with E-state index < -0.39 is 0 Å². The largest absolute Gasteiger partial charge is 0.454 e. The second kappa shape index (κ2) is 5.77. The first-order chi connectivity index (χ1) is 10.2. The molecule has 0 radical (unpaired) electrons. The third-order valence-electron chi connectivity index (χ3n) is 4.21. The number of aliphatic hydroxyl groups excluding tert-OH is 1. The smallest absolute Gasteiger partial charge is 0.244 e. The van der Waals surface area contributed by atoms with Crippen LogP contribution in [-0.2, 0) is 4.79 Å². The molecule has 0 unspecified atom stereocenters. The van der Waals surface area contributed by atoms with Crippen molar-refractivity contribution in [2.75, 3.05) is 19.9 Å². The molecule has 1 fully saturated rings. The molecule has 2 N–H and O–H groups in total. The summed E-state index contributed by atoms with van der Waals surface area (Å²) in [6.45, 7) is 0.916. The highest BCUT2D eigenvalue weighted by Gasteiger charge is 2.36. The second-order valence-electron chi connectivity index (χ2n) is 5.68. The molecule has 1 aromatic rings. The minimum absolute atomic E-state index is 0.0950. The molecule has 0 aromatic heterocycles. The van der Waals surface area contributed by atoms with E-state index in [1.165, 1.54) is 6.08 Å². The van der Waals surface area contributed by atoms with Crippen LogP contribution in [0.15, 0.2) is 24.3 Å². The summed E-state index contributed by atoms with van der Waals surface area (Å²) in [5.41, 5.74) is 0.789. The lowest BCUT2D eigenvalue weighted by Gasteiger charge is -2.40. The van der Waals surface area contributed by atoms with Crippen molar-refractivity contribution < 1.29 is 19.4 Å². The maximum atomic E-state index is 11.8. The molecule has 1 saturated carbocycles. The molecular formula is C16H19NO4. The number of nitrogens with one attached hydrogen (secondary N) is 1. The van der Waals surface area contributed by atoms with Gasteiger partial charge in [-0.25, -0.2) is 0 Å². The van der Waals surface area contributed by atoms with E-state index in [1.54, 1.807) is 6.08 Å². The zero-order valence-electron chi connectivity index (χ0n) is 11.8. The Balaban J connectivity index is 1.54. The zero-order chi connectivity index (χ0) is 14.7. The van der Waals surface area contributed by atoms with E-state index in [0.717, 1.165) is 30.6 Å². The molecule has 0 atom stereocenters. The van der Waals surface area contributed by atoms with Crippen molar-refractivity contribution in [3.8, 4) is 11.5 Å². The summed E-state index contributed by atoms with van der Waals surface area (Å²) in [6, 6.07) is 5.54. The highest BCUT2D eigenvalue weighted by molar-refractivity contribution is 5.91. The Bertz CT molecular complexity index is 558. The molecule has 0 bridgehead atoms. The number of carbonyl (C=O) groups excluding carboxylic acids is 1. The van der Waals surface area contributed by atoms with Crippen molar-refractivity contribution in [2.45, 2.75) is 19.3 Å². The van der Waals surface area contributed by atoms with E-state index in [-0.39, 0.29) is 24.7 Å². The number of hydrogen-bond donors (Lipinski definition) is 2. The van der Waals surface area contributed by atoms with Crippen molar-refractivity contribution in [3.05, 3.63) is 29.8 Å². The van der Waals surface area contributed by atoms with Gasteiger partial charge in [0.05, 0.1) is 6.61 Å². The number of ether oxygens (including phenoxy) is 2. The molecule has 5 nitrogen and oxygen atoms in total. The van der Waals surface area contributed by atoms with Crippen LogP contribution in [-0.4, -0.2) is 31.0 Å². The topological polar surface area (TPSA) is 67.8 Å². The number of rotatable bonds is 5. The predicted molar refractivity (Wildman–Crippen MR) is 78.0 cm³/mol. The zero-order valence-corrected chi connectivity index (χ0v) is 11.8. The number of fused-ring (bicyclic) bond motifs is 1. The predicted octanol–water partition coefficient (Wildman–Crippen LogP) is 1.71. The fourth-order valence-corrected chi connectivity index (χ4v) is 2.59. The van der Waals surface area contributed by atoms with Gasteiger partial charge in [0.2, 0.25) is 12.7 Å². The second-order valence-corrected chi connectivity index (χ2v) is 5.68. The van der Waals surface area contributed by atoms with Crippen molar-refractivity contribution >= 4 is 12.0 Å². The van der Waals surface area contributed by atoms with Crippen LogP contribution in [0.5, 0.6) is 11.5 Å². The summed E-state index contributed by atoms with van der Waals surface area (Å²) in [5.74, 6) is 1.28. The summed E-state index contributed by atoms with van der Waals surface area (Å²) < 4.78 is 10.5. The lowest BCUT2D eigenvalue weighted by molar-refractivity contribution is -0.117. The molecule has 21 heavy (non-hydrogen) atoms. The van der Waals surface area contributed by atoms with E-state index in [1.807, 2.05) is 18.2 Å². The Morgan fingerprint density at radius 1 is 1.33 bits per heavy atom. The van der Waals surface area contributed by atoms with E-state index in [2.05, 4.69) is 5.32 Å². The van der Waals surface area contributed by atoms with E-state index in [4.69, 9.17) is 9.47 Å². The van der Waals surface area contributed by atoms with Gasteiger partial charge in [0.15, 0.2) is 11.5 Å². The van der Waals surface area contributed by atoms with Crippen molar-refractivity contribution in [1.82, 2.24) is 5.32 Å².